The summed E-state index contributed by atoms with van der Waals surface area (Å²) in [4.78, 5) is 0. The van der Waals surface area contributed by atoms with Crippen LogP contribution >= 0.6 is 0 Å². The highest BCUT2D eigenvalue weighted by molar-refractivity contribution is 5.32. The van der Waals surface area contributed by atoms with E-state index >= 15 is 0 Å². The fourth-order valence-electron chi connectivity index (χ4n) is 2.95. The molecular formula is C17H22F2O. The van der Waals surface area contributed by atoms with Gasteiger partial charge in [-0.1, -0.05) is 31.6 Å². The molecule has 2 rings (SSSR count). The van der Waals surface area contributed by atoms with Gasteiger partial charge in [0.25, 0.3) is 0 Å². The summed E-state index contributed by atoms with van der Waals surface area (Å²) in [5.41, 5.74) is 0.413. The maximum absolute atomic E-state index is 13.8. The Morgan fingerprint density at radius 1 is 1.15 bits per heavy atom. The maximum Gasteiger partial charge on any atom is 0.200 e. The largest absolute Gasteiger partial charge is 0.505 e. The summed E-state index contributed by atoms with van der Waals surface area (Å²) in [7, 11) is 0. The van der Waals surface area contributed by atoms with Crippen molar-refractivity contribution in [1.29, 1.82) is 0 Å². The Kier molecular flexibility index (Phi) is 5.16. The van der Waals surface area contributed by atoms with Crippen molar-refractivity contribution in [3.63, 3.8) is 0 Å². The zero-order valence-electron chi connectivity index (χ0n) is 11.9. The van der Waals surface area contributed by atoms with Crippen LogP contribution in [0.25, 0.3) is 0 Å². The second kappa shape index (κ2) is 6.87. The van der Waals surface area contributed by atoms with Crippen molar-refractivity contribution in [3.05, 3.63) is 41.5 Å². The molecule has 0 atom stereocenters. The van der Waals surface area contributed by atoms with Crippen LogP contribution in [0.15, 0.2) is 24.3 Å². The van der Waals surface area contributed by atoms with Crippen LogP contribution in [-0.4, -0.2) is 5.11 Å². The zero-order valence-corrected chi connectivity index (χ0v) is 11.9. The second-order valence-electron chi connectivity index (χ2n) is 5.63. The first kappa shape index (κ1) is 15.0. The average Bonchev–Trinajstić information content (AvgIpc) is 2.46. The fourth-order valence-corrected chi connectivity index (χ4v) is 2.95. The summed E-state index contributed by atoms with van der Waals surface area (Å²) < 4.78 is 27.2. The van der Waals surface area contributed by atoms with Gasteiger partial charge in [-0.05, 0) is 55.6 Å². The summed E-state index contributed by atoms with van der Waals surface area (Å²) in [6, 6.07) is 2.77. The average molecular weight is 280 g/mol. The van der Waals surface area contributed by atoms with Crippen LogP contribution < -0.4 is 0 Å². The number of phenols is 1. The number of aromatic hydroxyl groups is 1. The van der Waals surface area contributed by atoms with Gasteiger partial charge in [-0.15, -0.1) is 0 Å². The van der Waals surface area contributed by atoms with Gasteiger partial charge in [0, 0.05) is 0 Å². The Morgan fingerprint density at radius 3 is 2.50 bits per heavy atom. The molecule has 1 aliphatic carbocycles. The zero-order chi connectivity index (χ0) is 14.5. The lowest BCUT2D eigenvalue weighted by Gasteiger charge is -2.27. The molecule has 20 heavy (non-hydrogen) atoms. The molecule has 1 aromatic carbocycles. The number of unbranched alkanes of at least 4 members (excludes halogenated alkanes) is 1. The quantitative estimate of drug-likeness (QED) is 0.742. The van der Waals surface area contributed by atoms with E-state index in [9.17, 15) is 8.78 Å². The monoisotopic (exact) mass is 280 g/mol. The predicted molar refractivity (Wildman–Crippen MR) is 76.8 cm³/mol. The van der Waals surface area contributed by atoms with E-state index in [0.29, 0.717) is 11.5 Å². The molecule has 1 aliphatic rings. The highest BCUT2D eigenvalue weighted by Crippen LogP contribution is 2.38. The van der Waals surface area contributed by atoms with Crippen molar-refractivity contribution in [1.82, 2.24) is 0 Å². The summed E-state index contributed by atoms with van der Waals surface area (Å²) in [5.74, 6) is -1.96. The molecule has 110 valence electrons. The van der Waals surface area contributed by atoms with Crippen LogP contribution in [0.1, 0.15) is 56.9 Å². The molecule has 1 aromatic rings. The number of benzene rings is 1. The van der Waals surface area contributed by atoms with Gasteiger partial charge in [0.2, 0.25) is 5.82 Å². The van der Waals surface area contributed by atoms with Crippen molar-refractivity contribution in [2.24, 2.45) is 5.92 Å². The molecule has 0 amide bonds. The Labute approximate surface area is 119 Å². The molecule has 1 saturated carbocycles. The lowest BCUT2D eigenvalue weighted by molar-refractivity contribution is 0.357. The molecular weight excluding hydrogens is 258 g/mol. The third kappa shape index (κ3) is 3.38. The second-order valence-corrected chi connectivity index (χ2v) is 5.63. The van der Waals surface area contributed by atoms with E-state index in [1.165, 1.54) is 12.1 Å². The SMILES string of the molecule is CCC/C=C/C1CCC(c2ccc(O)c(F)c2F)CC1. The van der Waals surface area contributed by atoms with E-state index in [-0.39, 0.29) is 5.92 Å². The predicted octanol–water partition coefficient (Wildman–Crippen LogP) is 5.30. The summed E-state index contributed by atoms with van der Waals surface area (Å²) in [5, 5.41) is 9.16. The number of rotatable bonds is 4. The summed E-state index contributed by atoms with van der Waals surface area (Å²) >= 11 is 0. The fraction of sp³-hybridized carbons (Fsp3) is 0.529. The van der Waals surface area contributed by atoms with E-state index in [2.05, 4.69) is 19.1 Å². The van der Waals surface area contributed by atoms with E-state index in [0.717, 1.165) is 38.5 Å². The van der Waals surface area contributed by atoms with Crippen LogP contribution in [0.4, 0.5) is 8.78 Å². The maximum atomic E-state index is 13.8. The number of allylic oxidation sites excluding steroid dienone is 2. The van der Waals surface area contributed by atoms with Gasteiger partial charge in [0.05, 0.1) is 0 Å². The van der Waals surface area contributed by atoms with Gasteiger partial charge >= 0.3 is 0 Å². The highest BCUT2D eigenvalue weighted by Gasteiger charge is 2.25. The van der Waals surface area contributed by atoms with E-state index < -0.39 is 17.4 Å². The Hall–Kier alpha value is -1.38. The number of hydrogen-bond acceptors (Lipinski definition) is 1. The van der Waals surface area contributed by atoms with Gasteiger partial charge in [-0.3, -0.25) is 0 Å². The number of halogens is 2. The summed E-state index contributed by atoms with van der Waals surface area (Å²) in [6.07, 6.45) is 10.6. The number of hydrogen-bond donors (Lipinski definition) is 1. The number of phenolic OH excluding ortho intramolecular Hbond substituents is 1. The summed E-state index contributed by atoms with van der Waals surface area (Å²) in [6.45, 7) is 2.16. The first-order valence-corrected chi connectivity index (χ1v) is 7.47. The van der Waals surface area contributed by atoms with Crippen molar-refractivity contribution in [2.75, 3.05) is 0 Å². The molecule has 0 aliphatic heterocycles. The molecule has 0 unspecified atom stereocenters. The smallest absolute Gasteiger partial charge is 0.200 e. The van der Waals surface area contributed by atoms with Crippen molar-refractivity contribution in [2.45, 2.75) is 51.4 Å². The van der Waals surface area contributed by atoms with E-state index in [1.807, 2.05) is 0 Å². The van der Waals surface area contributed by atoms with Gasteiger partial charge in [-0.25, -0.2) is 4.39 Å². The van der Waals surface area contributed by atoms with Gasteiger partial charge < -0.3 is 5.11 Å². The third-order valence-corrected chi connectivity index (χ3v) is 4.17. The molecule has 0 aromatic heterocycles. The minimum Gasteiger partial charge on any atom is -0.505 e. The van der Waals surface area contributed by atoms with Crippen LogP contribution in [0.5, 0.6) is 5.75 Å². The topological polar surface area (TPSA) is 20.2 Å². The standard InChI is InChI=1S/C17H22F2O/c1-2-3-4-5-12-6-8-13(9-7-12)14-10-11-15(20)17(19)16(14)18/h4-5,10-13,20H,2-3,6-9H2,1H3/b5-4+. The van der Waals surface area contributed by atoms with Crippen LogP contribution in [-0.2, 0) is 0 Å². The lowest BCUT2D eigenvalue weighted by atomic mass is 9.78. The Morgan fingerprint density at radius 2 is 1.85 bits per heavy atom. The van der Waals surface area contributed by atoms with E-state index in [1.54, 1.807) is 0 Å². The molecule has 1 nitrogen and oxygen atoms in total. The van der Waals surface area contributed by atoms with E-state index in [4.69, 9.17) is 5.11 Å². The van der Waals surface area contributed by atoms with Gasteiger partial charge in [-0.2, -0.15) is 4.39 Å². The van der Waals surface area contributed by atoms with Crippen LogP contribution in [0.2, 0.25) is 0 Å². The Balaban J connectivity index is 1.99. The third-order valence-electron chi connectivity index (χ3n) is 4.17. The molecule has 3 heteroatoms. The van der Waals surface area contributed by atoms with Crippen molar-refractivity contribution < 1.29 is 13.9 Å². The molecule has 1 fully saturated rings. The molecule has 1 N–H and O–H groups in total. The highest BCUT2D eigenvalue weighted by atomic mass is 19.2. The van der Waals surface area contributed by atoms with Gasteiger partial charge in [0.1, 0.15) is 0 Å². The van der Waals surface area contributed by atoms with Crippen molar-refractivity contribution in [3.8, 4) is 5.75 Å². The molecule has 0 saturated heterocycles. The molecule has 0 bridgehead atoms. The lowest BCUT2D eigenvalue weighted by Crippen LogP contribution is -2.13. The van der Waals surface area contributed by atoms with Crippen LogP contribution in [0.3, 0.4) is 0 Å². The van der Waals surface area contributed by atoms with Crippen LogP contribution in [0, 0.1) is 17.6 Å². The van der Waals surface area contributed by atoms with Gasteiger partial charge in [0.15, 0.2) is 11.6 Å². The first-order valence-electron chi connectivity index (χ1n) is 7.47. The normalized spacial score (nSPS) is 23.4. The molecule has 0 radical (unpaired) electrons. The minimum absolute atomic E-state index is 0.0703. The first-order chi connectivity index (χ1) is 9.63. The molecule has 0 spiro atoms. The minimum atomic E-state index is -1.12. The van der Waals surface area contributed by atoms with Crippen molar-refractivity contribution >= 4 is 0 Å². The molecule has 0 heterocycles. The Bertz CT molecular complexity index is 474.